The molecule has 0 aromatic carbocycles. The van der Waals surface area contributed by atoms with E-state index in [1.165, 1.54) is 25.7 Å². The second-order valence-electron chi connectivity index (χ2n) is 6.26. The summed E-state index contributed by atoms with van der Waals surface area (Å²) in [6.45, 7) is 2.55. The van der Waals surface area contributed by atoms with E-state index in [1.807, 2.05) is 0 Å². The third-order valence-electron chi connectivity index (χ3n) is 4.22. The molecule has 0 aliphatic carbocycles. The molecule has 0 bridgehead atoms. The summed E-state index contributed by atoms with van der Waals surface area (Å²) in [7, 11) is 0. The molecule has 1 aliphatic heterocycles. The van der Waals surface area contributed by atoms with Crippen molar-refractivity contribution in [3.8, 4) is 0 Å². The first-order valence-electron chi connectivity index (χ1n) is 9.05. The maximum atomic E-state index is 9.93. The average molecular weight is 330 g/mol. The van der Waals surface area contributed by atoms with E-state index in [2.05, 4.69) is 19.1 Å². The van der Waals surface area contributed by atoms with Crippen molar-refractivity contribution in [1.82, 2.24) is 0 Å². The van der Waals surface area contributed by atoms with Crippen LogP contribution in [0.3, 0.4) is 0 Å². The summed E-state index contributed by atoms with van der Waals surface area (Å²) in [5, 5.41) is 28.8. The van der Waals surface area contributed by atoms with Crippen molar-refractivity contribution in [3.05, 3.63) is 12.2 Å². The Morgan fingerprint density at radius 1 is 1.04 bits per heavy atom. The van der Waals surface area contributed by atoms with Crippen LogP contribution in [0.4, 0.5) is 0 Å². The van der Waals surface area contributed by atoms with Crippen LogP contribution in [-0.2, 0) is 9.47 Å². The zero-order valence-corrected chi connectivity index (χ0v) is 14.4. The number of hydrogen-bond donors (Lipinski definition) is 3. The Labute approximate surface area is 140 Å². The van der Waals surface area contributed by atoms with Crippen LogP contribution in [0.2, 0.25) is 0 Å². The highest BCUT2D eigenvalue weighted by Crippen LogP contribution is 2.19. The molecule has 3 N–H and O–H groups in total. The third-order valence-corrected chi connectivity index (χ3v) is 4.22. The third kappa shape index (κ3) is 8.27. The van der Waals surface area contributed by atoms with Gasteiger partial charge in [-0.15, -0.1) is 0 Å². The van der Waals surface area contributed by atoms with Crippen LogP contribution < -0.4 is 0 Å². The number of aliphatic hydroxyl groups is 3. The maximum Gasteiger partial charge on any atom is 0.114 e. The lowest BCUT2D eigenvalue weighted by atomic mass is 10.0. The van der Waals surface area contributed by atoms with Crippen LogP contribution >= 0.6 is 0 Å². The molecule has 136 valence electrons. The summed E-state index contributed by atoms with van der Waals surface area (Å²) in [4.78, 5) is 0. The van der Waals surface area contributed by atoms with Gasteiger partial charge in [0.05, 0.1) is 13.2 Å². The molecule has 0 aromatic heterocycles. The second kappa shape index (κ2) is 12.9. The molecule has 0 unspecified atom stereocenters. The van der Waals surface area contributed by atoms with E-state index in [0.29, 0.717) is 6.61 Å². The highest BCUT2D eigenvalue weighted by Gasteiger charge is 2.39. The second-order valence-corrected chi connectivity index (χ2v) is 6.26. The van der Waals surface area contributed by atoms with Crippen molar-refractivity contribution in [3.63, 3.8) is 0 Å². The number of unbranched alkanes of at least 4 members (excludes halogenated alkanes) is 6. The molecule has 1 fully saturated rings. The fourth-order valence-corrected chi connectivity index (χ4v) is 2.73. The van der Waals surface area contributed by atoms with Crippen LogP contribution in [0.5, 0.6) is 0 Å². The molecular formula is C18H34O5. The zero-order valence-electron chi connectivity index (χ0n) is 14.4. The van der Waals surface area contributed by atoms with Gasteiger partial charge in [0.1, 0.15) is 24.4 Å². The van der Waals surface area contributed by atoms with E-state index in [0.717, 1.165) is 25.7 Å². The molecule has 0 saturated carbocycles. The molecule has 5 heteroatoms. The van der Waals surface area contributed by atoms with Gasteiger partial charge in [-0.25, -0.2) is 0 Å². The fraction of sp³-hybridized carbons (Fsp3) is 0.889. The van der Waals surface area contributed by atoms with E-state index in [4.69, 9.17) is 9.47 Å². The smallest absolute Gasteiger partial charge is 0.114 e. The minimum atomic E-state index is -0.994. The minimum Gasteiger partial charge on any atom is -0.394 e. The molecule has 0 amide bonds. The Bertz CT molecular complexity index is 306. The summed E-state index contributed by atoms with van der Waals surface area (Å²) < 4.78 is 10.9. The Balaban J connectivity index is 2.05. The van der Waals surface area contributed by atoms with Crippen molar-refractivity contribution in [2.45, 2.75) is 82.7 Å². The Hall–Kier alpha value is -0.460. The van der Waals surface area contributed by atoms with Gasteiger partial charge in [0.25, 0.3) is 0 Å². The monoisotopic (exact) mass is 330 g/mol. The van der Waals surface area contributed by atoms with E-state index >= 15 is 0 Å². The molecular weight excluding hydrogens is 296 g/mol. The van der Waals surface area contributed by atoms with Gasteiger partial charge in [-0.2, -0.15) is 0 Å². The lowest BCUT2D eigenvalue weighted by molar-refractivity contribution is -0.211. The normalized spacial score (nSPS) is 28.5. The van der Waals surface area contributed by atoms with Gasteiger partial charge in [0.15, 0.2) is 0 Å². The number of allylic oxidation sites excluding steroid dienone is 2. The summed E-state index contributed by atoms with van der Waals surface area (Å²) in [6, 6.07) is 0. The van der Waals surface area contributed by atoms with Crippen LogP contribution in [-0.4, -0.2) is 59.6 Å². The first-order valence-corrected chi connectivity index (χ1v) is 9.05. The molecule has 23 heavy (non-hydrogen) atoms. The van der Waals surface area contributed by atoms with Crippen LogP contribution in [0, 0.1) is 0 Å². The van der Waals surface area contributed by atoms with Crippen molar-refractivity contribution in [2.24, 2.45) is 0 Å². The standard InChI is InChI=1S/C18H34O5/c1-2-3-4-5-6-7-8-9-10-11-12-22-18-16(13-19)23-14-15(20)17(18)21/h6-7,15-21H,2-5,8-14H2,1H3/b7-6+/t15-,16+,17+,18+/m1/s1. The summed E-state index contributed by atoms with van der Waals surface area (Å²) >= 11 is 0. The Morgan fingerprint density at radius 3 is 2.39 bits per heavy atom. The average Bonchev–Trinajstić information content (AvgIpc) is 2.56. The highest BCUT2D eigenvalue weighted by atomic mass is 16.6. The van der Waals surface area contributed by atoms with Crippen LogP contribution in [0.1, 0.15) is 58.3 Å². The minimum absolute atomic E-state index is 0.0385. The van der Waals surface area contributed by atoms with Crippen molar-refractivity contribution < 1.29 is 24.8 Å². The molecule has 1 heterocycles. The van der Waals surface area contributed by atoms with Gasteiger partial charge >= 0.3 is 0 Å². The first-order chi connectivity index (χ1) is 11.2. The molecule has 0 aromatic rings. The topological polar surface area (TPSA) is 79.2 Å². The molecule has 1 saturated heterocycles. The van der Waals surface area contributed by atoms with E-state index in [1.54, 1.807) is 0 Å². The van der Waals surface area contributed by atoms with Crippen LogP contribution in [0.25, 0.3) is 0 Å². The Kier molecular flexibility index (Phi) is 11.5. The van der Waals surface area contributed by atoms with Gasteiger partial charge < -0.3 is 24.8 Å². The SMILES string of the molecule is CCCCC/C=C/CCCCCO[C@@H]1[C@@H](O)[C@H](O)CO[C@H]1CO. The molecule has 1 aliphatic rings. The molecule has 0 spiro atoms. The van der Waals surface area contributed by atoms with Gasteiger partial charge in [0, 0.05) is 6.61 Å². The largest absolute Gasteiger partial charge is 0.394 e. The van der Waals surface area contributed by atoms with Gasteiger partial charge in [-0.3, -0.25) is 0 Å². The van der Waals surface area contributed by atoms with Crippen LogP contribution in [0.15, 0.2) is 12.2 Å². The van der Waals surface area contributed by atoms with Gasteiger partial charge in [-0.1, -0.05) is 38.3 Å². The lowest BCUT2D eigenvalue weighted by Crippen LogP contribution is -2.55. The quantitative estimate of drug-likeness (QED) is 0.377. The van der Waals surface area contributed by atoms with Crippen molar-refractivity contribution in [2.75, 3.05) is 19.8 Å². The Morgan fingerprint density at radius 2 is 1.74 bits per heavy atom. The van der Waals surface area contributed by atoms with Crippen molar-refractivity contribution in [1.29, 1.82) is 0 Å². The van der Waals surface area contributed by atoms with Crippen molar-refractivity contribution >= 4 is 0 Å². The zero-order chi connectivity index (χ0) is 16.9. The van der Waals surface area contributed by atoms with Gasteiger partial charge in [-0.05, 0) is 32.1 Å². The number of rotatable bonds is 12. The van der Waals surface area contributed by atoms with E-state index in [9.17, 15) is 15.3 Å². The lowest BCUT2D eigenvalue weighted by Gasteiger charge is -2.37. The molecule has 0 radical (unpaired) electrons. The number of hydrogen-bond acceptors (Lipinski definition) is 5. The van der Waals surface area contributed by atoms with Gasteiger partial charge in [0.2, 0.25) is 0 Å². The van der Waals surface area contributed by atoms with E-state index in [-0.39, 0.29) is 13.2 Å². The predicted molar refractivity (Wildman–Crippen MR) is 90.3 cm³/mol. The molecule has 1 rings (SSSR count). The number of ether oxygens (including phenoxy) is 2. The maximum absolute atomic E-state index is 9.93. The number of aliphatic hydroxyl groups excluding tert-OH is 3. The summed E-state index contributed by atoms with van der Waals surface area (Å²) in [5.74, 6) is 0. The molecule has 4 atom stereocenters. The fourth-order valence-electron chi connectivity index (χ4n) is 2.73. The summed E-state index contributed by atoms with van der Waals surface area (Å²) in [6.07, 6.45) is 10.6. The molecule has 5 nitrogen and oxygen atoms in total. The summed E-state index contributed by atoms with van der Waals surface area (Å²) in [5.41, 5.74) is 0. The first kappa shape index (κ1) is 20.6. The van der Waals surface area contributed by atoms with E-state index < -0.39 is 24.4 Å². The highest BCUT2D eigenvalue weighted by molar-refractivity contribution is 4.87. The predicted octanol–water partition coefficient (Wildman–Crippen LogP) is 2.18.